The molecular formula is C68H69BN2O3. The maximum Gasteiger partial charge on any atom is 0.376 e. The highest BCUT2D eigenvalue weighted by Crippen LogP contribution is 2.56. The molecule has 0 atom stereocenters. The minimum absolute atomic E-state index is 0.00857. The molecule has 7 aromatic carbocycles. The Morgan fingerprint density at radius 3 is 1.61 bits per heavy atom. The largest absolute Gasteiger partial charge is 0.466 e. The second kappa shape index (κ2) is 15.9. The molecule has 2 aliphatic heterocycles. The standard InChI is InChI=1S/C68H69BN2O3/c1-11-13-17-40-21-25-42(26-22-40)70-55-36-47-44-19-15-16-20-56(44)73-63(47)60-48-33-45-46-34-50-52(67(7,8)31-29-65(50,3)4)37-57(46)72-59(45)39-54(48)71(43-27-23-41(24-28-43)18-14-12-2)69(61(55)60)64-62(70)49-35-51-53(38-58(49)74-64)68(9,10)32-30-66(51,5)6/h15-16,19-28,33-39H,11-14,17-18,29-32H2,1-10H3. The van der Waals surface area contributed by atoms with Crippen LogP contribution in [-0.2, 0) is 34.5 Å². The average molecular weight is 973 g/mol. The molecule has 0 saturated heterocycles. The van der Waals surface area contributed by atoms with Crippen LogP contribution < -0.4 is 20.8 Å². The molecule has 0 N–H and O–H groups in total. The second-order valence-corrected chi connectivity index (χ2v) is 25.4. The van der Waals surface area contributed by atoms with Crippen LogP contribution in [-0.4, -0.2) is 6.85 Å². The van der Waals surface area contributed by atoms with Gasteiger partial charge in [-0.05, 0) is 179 Å². The van der Waals surface area contributed by atoms with Gasteiger partial charge in [0.1, 0.15) is 33.6 Å². The SMILES string of the molecule is CCCCc1ccc(N2B3c4oc5cc6c(cc5c4N(c4ccc(CCCC)cc4)c4cc5c(oc7ccccc75)c(c43)-c3cc4c(cc32)oc2cc3c(cc24)C(C)(C)CCC3(C)C)C(C)(C)CCC6(C)C)cc1. The first kappa shape index (κ1) is 45.9. The van der Waals surface area contributed by atoms with Gasteiger partial charge in [0.05, 0.1) is 5.69 Å². The first-order valence-electron chi connectivity index (χ1n) is 28.0. The van der Waals surface area contributed by atoms with Crippen LogP contribution in [0.1, 0.15) is 154 Å². The van der Waals surface area contributed by atoms with Crippen molar-refractivity contribution in [3.63, 3.8) is 0 Å². The van der Waals surface area contributed by atoms with Crippen LogP contribution in [0.2, 0.25) is 0 Å². The molecular weight excluding hydrogens is 904 g/mol. The van der Waals surface area contributed by atoms with E-state index < -0.39 is 0 Å². The lowest BCUT2D eigenvalue weighted by Gasteiger charge is -2.44. The molecule has 10 aromatic rings. The first-order chi connectivity index (χ1) is 35.5. The number of nitrogens with zero attached hydrogens (tertiary/aromatic N) is 2. The number of furan rings is 3. The van der Waals surface area contributed by atoms with Gasteiger partial charge in [0.15, 0.2) is 0 Å². The Morgan fingerprint density at radius 2 is 1.00 bits per heavy atom. The van der Waals surface area contributed by atoms with E-state index in [1.807, 2.05) is 0 Å². The molecule has 0 radical (unpaired) electrons. The number of anilines is 5. The topological polar surface area (TPSA) is 45.9 Å². The zero-order valence-electron chi connectivity index (χ0n) is 45.2. The lowest BCUT2D eigenvalue weighted by molar-refractivity contribution is 0.332. The first-order valence-corrected chi connectivity index (χ1v) is 28.0. The summed E-state index contributed by atoms with van der Waals surface area (Å²) in [6, 6.07) is 44.5. The third-order valence-corrected chi connectivity index (χ3v) is 18.7. The fraction of sp³-hybridized carbons (Fsp3) is 0.353. The van der Waals surface area contributed by atoms with E-state index >= 15 is 0 Å². The molecule has 2 aliphatic carbocycles. The summed E-state index contributed by atoms with van der Waals surface area (Å²) in [5.41, 5.74) is 23.1. The van der Waals surface area contributed by atoms with Gasteiger partial charge in [-0.2, -0.15) is 0 Å². The Morgan fingerprint density at radius 1 is 0.473 bits per heavy atom. The van der Waals surface area contributed by atoms with E-state index in [1.165, 1.54) is 57.1 Å². The number of para-hydroxylation sites is 1. The molecule has 0 spiro atoms. The normalized spacial score (nSPS) is 17.8. The summed E-state index contributed by atoms with van der Waals surface area (Å²) in [5.74, 6) is 0. The number of unbranched alkanes of at least 4 members (excludes halogenated alkanes) is 2. The van der Waals surface area contributed by atoms with E-state index in [0.717, 1.165) is 146 Å². The van der Waals surface area contributed by atoms with E-state index in [-0.39, 0.29) is 28.5 Å². The van der Waals surface area contributed by atoms with Crippen molar-refractivity contribution in [1.82, 2.24) is 0 Å². The fourth-order valence-electron chi connectivity index (χ4n) is 14.0. The zero-order chi connectivity index (χ0) is 50.8. The van der Waals surface area contributed by atoms with Gasteiger partial charge >= 0.3 is 6.85 Å². The number of rotatable bonds is 8. The molecule has 74 heavy (non-hydrogen) atoms. The second-order valence-electron chi connectivity index (χ2n) is 25.4. The molecule has 0 bridgehead atoms. The number of aryl methyl sites for hydroxylation is 2. The number of hydrogen-bond donors (Lipinski definition) is 0. The van der Waals surface area contributed by atoms with Crippen LogP contribution in [0.5, 0.6) is 0 Å². The molecule has 372 valence electrons. The van der Waals surface area contributed by atoms with E-state index in [9.17, 15) is 0 Å². The Labute approximate surface area is 437 Å². The number of benzene rings is 7. The summed E-state index contributed by atoms with van der Waals surface area (Å²) in [6.45, 7) is 23.6. The maximum absolute atomic E-state index is 7.70. The van der Waals surface area contributed by atoms with Crippen LogP contribution in [0.15, 0.2) is 129 Å². The lowest BCUT2D eigenvalue weighted by Crippen LogP contribution is -2.61. The van der Waals surface area contributed by atoms with Crippen LogP contribution in [0.4, 0.5) is 28.4 Å². The number of hydrogen-bond acceptors (Lipinski definition) is 5. The van der Waals surface area contributed by atoms with E-state index in [0.29, 0.717) is 0 Å². The predicted molar refractivity (Wildman–Crippen MR) is 312 cm³/mol. The van der Waals surface area contributed by atoms with Crippen LogP contribution >= 0.6 is 0 Å². The molecule has 0 unspecified atom stereocenters. The summed E-state index contributed by atoms with van der Waals surface area (Å²) < 4.78 is 22.1. The van der Waals surface area contributed by atoms with E-state index in [2.05, 4.69) is 194 Å². The monoisotopic (exact) mass is 973 g/mol. The van der Waals surface area contributed by atoms with Crippen molar-refractivity contribution in [2.24, 2.45) is 0 Å². The summed E-state index contributed by atoms with van der Waals surface area (Å²) in [6.07, 6.45) is 11.3. The molecule has 4 aliphatic rings. The van der Waals surface area contributed by atoms with Crippen molar-refractivity contribution in [1.29, 1.82) is 0 Å². The van der Waals surface area contributed by atoms with Gasteiger partial charge in [0, 0.05) is 66.9 Å². The van der Waals surface area contributed by atoms with Crippen molar-refractivity contribution in [2.45, 2.75) is 155 Å². The van der Waals surface area contributed by atoms with Gasteiger partial charge < -0.3 is 23.0 Å². The molecule has 0 amide bonds. The maximum atomic E-state index is 7.70. The number of fused-ring (bicyclic) bond motifs is 15. The third kappa shape index (κ3) is 6.61. The quantitative estimate of drug-likeness (QED) is 0.142. The zero-order valence-corrected chi connectivity index (χ0v) is 45.2. The van der Waals surface area contributed by atoms with Gasteiger partial charge in [0.2, 0.25) is 0 Å². The smallest absolute Gasteiger partial charge is 0.376 e. The minimum atomic E-state index is -0.345. The lowest BCUT2D eigenvalue weighted by atomic mass is 9.45. The van der Waals surface area contributed by atoms with Crippen LogP contribution in [0.3, 0.4) is 0 Å². The van der Waals surface area contributed by atoms with Crippen molar-refractivity contribution in [2.75, 3.05) is 9.71 Å². The van der Waals surface area contributed by atoms with Gasteiger partial charge in [-0.25, -0.2) is 0 Å². The Balaban J connectivity index is 1.13. The molecule has 14 rings (SSSR count). The van der Waals surface area contributed by atoms with Crippen molar-refractivity contribution >= 4 is 101 Å². The third-order valence-electron chi connectivity index (χ3n) is 18.7. The van der Waals surface area contributed by atoms with Crippen LogP contribution in [0.25, 0.3) is 66.0 Å². The summed E-state index contributed by atoms with van der Waals surface area (Å²) in [7, 11) is 0. The molecule has 6 heteroatoms. The van der Waals surface area contributed by atoms with Gasteiger partial charge in [0.25, 0.3) is 0 Å². The van der Waals surface area contributed by atoms with E-state index in [1.54, 1.807) is 0 Å². The Kier molecular flexibility index (Phi) is 9.89. The van der Waals surface area contributed by atoms with Crippen LogP contribution in [0, 0.1) is 0 Å². The molecule has 5 heterocycles. The highest BCUT2D eigenvalue weighted by Gasteiger charge is 2.51. The van der Waals surface area contributed by atoms with Crippen molar-refractivity contribution in [3.8, 4) is 11.1 Å². The molecule has 0 saturated carbocycles. The fourth-order valence-corrected chi connectivity index (χ4v) is 14.0. The Hall–Kier alpha value is -6.66. The molecule has 0 fully saturated rings. The Bertz CT molecular complexity index is 3950. The van der Waals surface area contributed by atoms with Gasteiger partial charge in [-0.1, -0.05) is 125 Å². The van der Waals surface area contributed by atoms with Crippen molar-refractivity contribution in [3.05, 3.63) is 149 Å². The molecule has 5 nitrogen and oxygen atoms in total. The average Bonchev–Trinajstić information content (AvgIpc) is 4.08. The molecule has 3 aromatic heterocycles. The highest BCUT2D eigenvalue weighted by molar-refractivity contribution is 6.93. The van der Waals surface area contributed by atoms with Gasteiger partial charge in [-0.15, -0.1) is 0 Å². The summed E-state index contributed by atoms with van der Waals surface area (Å²) in [4.78, 5) is 5.15. The van der Waals surface area contributed by atoms with Crippen molar-refractivity contribution < 1.29 is 13.3 Å². The minimum Gasteiger partial charge on any atom is -0.466 e. The summed E-state index contributed by atoms with van der Waals surface area (Å²) in [5, 5.41) is 5.69. The summed E-state index contributed by atoms with van der Waals surface area (Å²) >= 11 is 0. The highest BCUT2D eigenvalue weighted by atomic mass is 16.3. The van der Waals surface area contributed by atoms with E-state index in [4.69, 9.17) is 13.3 Å². The predicted octanol–water partition coefficient (Wildman–Crippen LogP) is 18.3. The van der Waals surface area contributed by atoms with Gasteiger partial charge in [-0.3, -0.25) is 0 Å².